The van der Waals surface area contributed by atoms with Crippen LogP contribution in [0.15, 0.2) is 30.3 Å². The zero-order chi connectivity index (χ0) is 11.7. The fraction of sp³-hybridized carbons (Fsp3) is 0.357. The average molecular weight is 227 g/mol. The van der Waals surface area contributed by atoms with Crippen LogP contribution >= 0.6 is 0 Å². The highest BCUT2D eigenvalue weighted by Crippen LogP contribution is 2.22. The summed E-state index contributed by atoms with van der Waals surface area (Å²) in [5.74, 6) is 1.04. The number of aromatic nitrogens is 2. The van der Waals surface area contributed by atoms with E-state index in [0.29, 0.717) is 0 Å². The van der Waals surface area contributed by atoms with Gasteiger partial charge in [-0.1, -0.05) is 30.3 Å². The maximum atomic E-state index is 4.66. The molecular formula is C14H17N3. The van der Waals surface area contributed by atoms with E-state index in [0.717, 1.165) is 29.8 Å². The van der Waals surface area contributed by atoms with Gasteiger partial charge in [0, 0.05) is 17.3 Å². The summed E-state index contributed by atoms with van der Waals surface area (Å²) >= 11 is 0. The van der Waals surface area contributed by atoms with E-state index in [1.54, 1.807) is 0 Å². The number of nitrogens with zero attached hydrogens (tertiary/aromatic N) is 1. The number of hydrogen-bond acceptors (Lipinski definition) is 2. The van der Waals surface area contributed by atoms with Crippen LogP contribution in [0.2, 0.25) is 0 Å². The van der Waals surface area contributed by atoms with Gasteiger partial charge in [0.05, 0.1) is 12.2 Å². The Morgan fingerprint density at radius 2 is 2.06 bits per heavy atom. The van der Waals surface area contributed by atoms with Crippen molar-refractivity contribution in [3.8, 4) is 11.3 Å². The molecule has 0 spiro atoms. The zero-order valence-corrected chi connectivity index (χ0v) is 10.0. The van der Waals surface area contributed by atoms with E-state index in [4.69, 9.17) is 0 Å². The average Bonchev–Trinajstić information content (AvgIpc) is 3.11. The van der Waals surface area contributed by atoms with Crippen molar-refractivity contribution in [2.75, 3.05) is 0 Å². The van der Waals surface area contributed by atoms with Crippen LogP contribution in [-0.4, -0.2) is 16.0 Å². The molecule has 2 aromatic rings. The molecule has 1 saturated carbocycles. The van der Waals surface area contributed by atoms with Crippen molar-refractivity contribution in [2.24, 2.45) is 0 Å². The number of imidazole rings is 1. The minimum Gasteiger partial charge on any atom is -0.344 e. The van der Waals surface area contributed by atoms with Gasteiger partial charge in [-0.05, 0) is 19.8 Å². The van der Waals surface area contributed by atoms with Crippen LogP contribution in [0.3, 0.4) is 0 Å². The highest BCUT2D eigenvalue weighted by Gasteiger charge is 2.20. The van der Waals surface area contributed by atoms with Crippen LogP contribution in [0.4, 0.5) is 0 Å². The molecule has 0 radical (unpaired) electrons. The summed E-state index contributed by atoms with van der Waals surface area (Å²) in [5, 5.41) is 3.47. The van der Waals surface area contributed by atoms with E-state index < -0.39 is 0 Å². The van der Waals surface area contributed by atoms with Crippen molar-refractivity contribution in [1.29, 1.82) is 0 Å². The Morgan fingerprint density at radius 1 is 1.29 bits per heavy atom. The van der Waals surface area contributed by atoms with Gasteiger partial charge >= 0.3 is 0 Å². The maximum absolute atomic E-state index is 4.66. The van der Waals surface area contributed by atoms with Gasteiger partial charge in [-0.2, -0.15) is 0 Å². The first-order valence-corrected chi connectivity index (χ1v) is 6.17. The molecule has 1 aromatic heterocycles. The smallest absolute Gasteiger partial charge is 0.121 e. The molecule has 0 amide bonds. The van der Waals surface area contributed by atoms with Crippen LogP contribution in [-0.2, 0) is 6.54 Å². The van der Waals surface area contributed by atoms with Crippen molar-refractivity contribution in [3.63, 3.8) is 0 Å². The van der Waals surface area contributed by atoms with Crippen LogP contribution in [0.25, 0.3) is 11.3 Å². The second-order valence-corrected chi connectivity index (χ2v) is 4.68. The molecule has 88 valence electrons. The summed E-state index contributed by atoms with van der Waals surface area (Å²) in [6, 6.07) is 11.0. The van der Waals surface area contributed by atoms with Crippen molar-refractivity contribution < 1.29 is 0 Å². The summed E-state index contributed by atoms with van der Waals surface area (Å²) < 4.78 is 0. The molecule has 0 saturated heterocycles. The first-order chi connectivity index (χ1) is 8.33. The SMILES string of the molecule is Cc1[nH]c(CNC2CC2)nc1-c1ccccc1. The molecule has 1 heterocycles. The van der Waals surface area contributed by atoms with Gasteiger partial charge in [0.2, 0.25) is 0 Å². The lowest BCUT2D eigenvalue weighted by Crippen LogP contribution is -2.16. The molecule has 0 aliphatic heterocycles. The molecule has 17 heavy (non-hydrogen) atoms. The number of nitrogens with one attached hydrogen (secondary N) is 2. The van der Waals surface area contributed by atoms with Crippen molar-refractivity contribution in [1.82, 2.24) is 15.3 Å². The first-order valence-electron chi connectivity index (χ1n) is 6.17. The van der Waals surface area contributed by atoms with E-state index >= 15 is 0 Å². The molecule has 0 atom stereocenters. The molecule has 0 unspecified atom stereocenters. The summed E-state index contributed by atoms with van der Waals surface area (Å²) in [4.78, 5) is 8.01. The molecule has 1 fully saturated rings. The number of H-pyrrole nitrogens is 1. The number of rotatable bonds is 4. The Kier molecular flexibility index (Phi) is 2.69. The van der Waals surface area contributed by atoms with Crippen LogP contribution in [0.1, 0.15) is 24.4 Å². The standard InChI is InChI=1S/C14H17N3/c1-10-14(11-5-3-2-4-6-11)17-13(16-10)9-15-12-7-8-12/h2-6,12,15H,7-9H2,1H3,(H,16,17). The fourth-order valence-corrected chi connectivity index (χ4v) is 2.01. The van der Waals surface area contributed by atoms with E-state index in [1.807, 2.05) is 18.2 Å². The maximum Gasteiger partial charge on any atom is 0.121 e. The molecular weight excluding hydrogens is 210 g/mol. The minimum atomic E-state index is 0.723. The zero-order valence-electron chi connectivity index (χ0n) is 10.0. The lowest BCUT2D eigenvalue weighted by atomic mass is 10.1. The predicted octanol–water partition coefficient (Wildman–Crippen LogP) is 2.64. The lowest BCUT2D eigenvalue weighted by Gasteiger charge is -1.98. The molecule has 1 aromatic carbocycles. The van der Waals surface area contributed by atoms with Gasteiger partial charge < -0.3 is 10.3 Å². The second kappa shape index (κ2) is 4.34. The Hall–Kier alpha value is -1.61. The van der Waals surface area contributed by atoms with Crippen LogP contribution in [0, 0.1) is 6.92 Å². The molecule has 2 N–H and O–H groups in total. The van der Waals surface area contributed by atoms with Gasteiger partial charge in [0.15, 0.2) is 0 Å². The van der Waals surface area contributed by atoms with Gasteiger partial charge in [-0.25, -0.2) is 4.98 Å². The highest BCUT2D eigenvalue weighted by atomic mass is 15.0. The van der Waals surface area contributed by atoms with Crippen molar-refractivity contribution in [3.05, 3.63) is 41.9 Å². The van der Waals surface area contributed by atoms with Gasteiger partial charge in [-0.3, -0.25) is 0 Å². The Balaban J connectivity index is 1.80. The normalized spacial score (nSPS) is 15.1. The molecule has 3 nitrogen and oxygen atoms in total. The molecule has 3 rings (SSSR count). The molecule has 0 bridgehead atoms. The number of aryl methyl sites for hydroxylation is 1. The number of aromatic amines is 1. The quantitative estimate of drug-likeness (QED) is 0.843. The Morgan fingerprint density at radius 3 is 2.76 bits per heavy atom. The largest absolute Gasteiger partial charge is 0.344 e. The number of benzene rings is 1. The van der Waals surface area contributed by atoms with E-state index in [-0.39, 0.29) is 0 Å². The molecule has 3 heteroatoms. The minimum absolute atomic E-state index is 0.723. The van der Waals surface area contributed by atoms with Gasteiger partial charge in [0.1, 0.15) is 5.82 Å². The summed E-state index contributed by atoms with van der Waals surface area (Å²) in [6.07, 6.45) is 2.62. The van der Waals surface area contributed by atoms with E-state index in [2.05, 4.69) is 34.3 Å². The van der Waals surface area contributed by atoms with E-state index in [9.17, 15) is 0 Å². The lowest BCUT2D eigenvalue weighted by molar-refractivity contribution is 0.663. The van der Waals surface area contributed by atoms with Crippen molar-refractivity contribution >= 4 is 0 Å². The fourth-order valence-electron chi connectivity index (χ4n) is 2.01. The highest BCUT2D eigenvalue weighted by molar-refractivity contribution is 5.61. The van der Waals surface area contributed by atoms with Crippen molar-refractivity contribution in [2.45, 2.75) is 32.4 Å². The third kappa shape index (κ3) is 2.39. The first kappa shape index (κ1) is 10.5. The molecule has 1 aliphatic rings. The van der Waals surface area contributed by atoms with Gasteiger partial charge in [0.25, 0.3) is 0 Å². The third-order valence-corrected chi connectivity index (χ3v) is 3.12. The third-order valence-electron chi connectivity index (χ3n) is 3.12. The molecule has 1 aliphatic carbocycles. The van der Waals surface area contributed by atoms with Crippen LogP contribution in [0.5, 0.6) is 0 Å². The summed E-state index contributed by atoms with van der Waals surface area (Å²) in [7, 11) is 0. The van der Waals surface area contributed by atoms with Crippen LogP contribution < -0.4 is 5.32 Å². The predicted molar refractivity (Wildman–Crippen MR) is 68.6 cm³/mol. The van der Waals surface area contributed by atoms with Gasteiger partial charge in [-0.15, -0.1) is 0 Å². The summed E-state index contributed by atoms with van der Waals surface area (Å²) in [6.45, 7) is 2.92. The Labute approximate surface area is 101 Å². The Bertz CT molecular complexity index is 497. The summed E-state index contributed by atoms with van der Waals surface area (Å²) in [5.41, 5.74) is 3.39. The second-order valence-electron chi connectivity index (χ2n) is 4.68. The topological polar surface area (TPSA) is 40.7 Å². The van der Waals surface area contributed by atoms with E-state index in [1.165, 1.54) is 18.4 Å². The number of hydrogen-bond donors (Lipinski definition) is 2. The monoisotopic (exact) mass is 227 g/mol.